The topological polar surface area (TPSA) is 87.7 Å². The van der Waals surface area contributed by atoms with E-state index in [0.29, 0.717) is 0 Å². The minimum absolute atomic E-state index is 0.0163. The summed E-state index contributed by atoms with van der Waals surface area (Å²) in [5.74, 6) is -0.400. The molecule has 34 heavy (non-hydrogen) atoms. The van der Waals surface area contributed by atoms with Gasteiger partial charge in [0.15, 0.2) is 0 Å². The molecule has 0 heterocycles. The average molecular weight is 472 g/mol. The number of nitrogens with zero attached hydrogens (tertiary/aromatic N) is 1. The first-order chi connectivity index (χ1) is 16.0. The second-order valence-corrected chi connectivity index (χ2v) is 11.0. The van der Waals surface area contributed by atoms with Gasteiger partial charge in [-0.15, -0.1) is 0 Å². The lowest BCUT2D eigenvalue weighted by atomic mass is 9.93. The molecule has 2 saturated carbocycles. The molecule has 2 aliphatic rings. The fourth-order valence-electron chi connectivity index (χ4n) is 4.64. The minimum Gasteiger partial charge on any atom is -0.444 e. The molecule has 0 saturated heterocycles. The summed E-state index contributed by atoms with van der Waals surface area (Å²) in [7, 11) is 0. The molecular weight excluding hydrogens is 430 g/mol. The highest BCUT2D eigenvalue weighted by Crippen LogP contribution is 2.37. The molecule has 7 heteroatoms. The van der Waals surface area contributed by atoms with Crippen LogP contribution in [-0.2, 0) is 14.3 Å². The Balaban J connectivity index is 1.89. The Morgan fingerprint density at radius 1 is 1.03 bits per heavy atom. The third-order valence-electron chi connectivity index (χ3n) is 6.51. The summed E-state index contributed by atoms with van der Waals surface area (Å²) in [5, 5.41) is 5.92. The van der Waals surface area contributed by atoms with Crippen LogP contribution in [0.5, 0.6) is 0 Å². The Labute approximate surface area is 204 Å². The third-order valence-corrected chi connectivity index (χ3v) is 6.51. The number of hydrogen-bond donors (Lipinski definition) is 2. The molecule has 188 valence electrons. The van der Waals surface area contributed by atoms with Crippen molar-refractivity contribution in [1.82, 2.24) is 15.5 Å². The van der Waals surface area contributed by atoms with Crippen LogP contribution < -0.4 is 10.6 Å². The van der Waals surface area contributed by atoms with Gasteiger partial charge in [0.2, 0.25) is 11.8 Å². The molecule has 3 amide bonds. The van der Waals surface area contributed by atoms with Gasteiger partial charge in [-0.05, 0) is 78.4 Å². The van der Waals surface area contributed by atoms with Gasteiger partial charge in [0.25, 0.3) is 0 Å². The van der Waals surface area contributed by atoms with Crippen molar-refractivity contribution in [3.05, 3.63) is 34.9 Å². The van der Waals surface area contributed by atoms with Crippen LogP contribution in [0.3, 0.4) is 0 Å². The predicted octanol–water partition coefficient (Wildman–Crippen LogP) is 4.70. The maximum atomic E-state index is 13.8. The number of hydrogen-bond acceptors (Lipinski definition) is 4. The molecular formula is C27H41N3O4. The summed E-state index contributed by atoms with van der Waals surface area (Å²) in [6.07, 6.45) is 6.43. The van der Waals surface area contributed by atoms with Crippen LogP contribution in [0.2, 0.25) is 0 Å². The molecule has 1 aromatic rings. The van der Waals surface area contributed by atoms with Gasteiger partial charge in [-0.3, -0.25) is 9.59 Å². The number of rotatable bonds is 7. The fraction of sp³-hybridized carbons (Fsp3) is 0.667. The van der Waals surface area contributed by atoms with E-state index in [1.54, 1.807) is 32.6 Å². The molecule has 0 aromatic heterocycles. The Kier molecular flexibility index (Phi) is 8.26. The quantitative estimate of drug-likeness (QED) is 0.603. The van der Waals surface area contributed by atoms with Crippen LogP contribution in [0, 0.1) is 13.8 Å². The molecule has 2 atom stereocenters. The lowest BCUT2D eigenvalue weighted by Crippen LogP contribution is -2.53. The molecule has 3 rings (SSSR count). The molecule has 2 unspecified atom stereocenters. The summed E-state index contributed by atoms with van der Waals surface area (Å²) in [6, 6.07) is 4.61. The number of alkyl carbamates (subject to hydrolysis) is 1. The Morgan fingerprint density at radius 3 is 2.26 bits per heavy atom. The zero-order chi connectivity index (χ0) is 25.0. The highest BCUT2D eigenvalue weighted by Gasteiger charge is 2.44. The maximum Gasteiger partial charge on any atom is 0.408 e. The van der Waals surface area contributed by atoms with Gasteiger partial charge in [0.1, 0.15) is 17.7 Å². The SMILES string of the molecule is Cc1ccc(C)c(C(C(=O)NC2CCCCC2)N(C(=O)C(C)NC(=O)OC(C)(C)C)C2CC2)c1. The van der Waals surface area contributed by atoms with Crippen molar-refractivity contribution in [2.45, 2.75) is 116 Å². The van der Waals surface area contributed by atoms with Crippen LogP contribution in [0.25, 0.3) is 0 Å². The average Bonchev–Trinajstić information content (AvgIpc) is 3.57. The van der Waals surface area contributed by atoms with Crippen molar-refractivity contribution in [3.8, 4) is 0 Å². The van der Waals surface area contributed by atoms with Gasteiger partial charge in [-0.25, -0.2) is 4.79 Å². The fourth-order valence-corrected chi connectivity index (χ4v) is 4.64. The zero-order valence-corrected chi connectivity index (χ0v) is 21.6. The first kappa shape index (κ1) is 26.0. The van der Waals surface area contributed by atoms with E-state index in [2.05, 4.69) is 10.6 Å². The molecule has 2 N–H and O–H groups in total. The Morgan fingerprint density at radius 2 is 1.68 bits per heavy atom. The Hall–Kier alpha value is -2.57. The second kappa shape index (κ2) is 10.8. The van der Waals surface area contributed by atoms with Gasteiger partial charge in [-0.1, -0.05) is 43.0 Å². The summed E-state index contributed by atoms with van der Waals surface area (Å²) in [6.45, 7) is 11.0. The van der Waals surface area contributed by atoms with Gasteiger partial charge in [0, 0.05) is 12.1 Å². The second-order valence-electron chi connectivity index (χ2n) is 11.0. The summed E-state index contributed by atoms with van der Waals surface area (Å²) in [4.78, 5) is 41.5. The normalized spacial score (nSPS) is 18.5. The number of carbonyl (C=O) groups excluding carboxylic acids is 3. The van der Waals surface area contributed by atoms with Crippen LogP contribution in [0.4, 0.5) is 4.79 Å². The van der Waals surface area contributed by atoms with E-state index >= 15 is 0 Å². The minimum atomic E-state index is -0.814. The van der Waals surface area contributed by atoms with Crippen LogP contribution in [-0.4, -0.2) is 46.5 Å². The summed E-state index contributed by atoms with van der Waals surface area (Å²) < 4.78 is 5.34. The molecule has 7 nitrogen and oxygen atoms in total. The van der Waals surface area contributed by atoms with Crippen molar-refractivity contribution in [3.63, 3.8) is 0 Å². The predicted molar refractivity (Wildman–Crippen MR) is 132 cm³/mol. The zero-order valence-electron chi connectivity index (χ0n) is 21.6. The van der Waals surface area contributed by atoms with Gasteiger partial charge >= 0.3 is 6.09 Å². The van der Waals surface area contributed by atoms with E-state index in [1.807, 2.05) is 32.0 Å². The van der Waals surface area contributed by atoms with Crippen molar-refractivity contribution in [2.75, 3.05) is 0 Å². The van der Waals surface area contributed by atoms with Crippen LogP contribution in [0.15, 0.2) is 18.2 Å². The molecule has 0 aliphatic heterocycles. The number of aryl methyl sites for hydroxylation is 2. The van der Waals surface area contributed by atoms with Crippen LogP contribution >= 0.6 is 0 Å². The standard InChI is InChI=1S/C27H41N3O4/c1-17-12-13-18(2)22(16-17)23(24(31)29-20-10-8-7-9-11-20)30(21-14-15-21)25(32)19(3)28-26(33)34-27(4,5)6/h12-13,16,19-21,23H,7-11,14-15H2,1-6H3,(H,28,33)(H,29,31). The van der Waals surface area contributed by atoms with Crippen molar-refractivity contribution >= 4 is 17.9 Å². The molecule has 2 fully saturated rings. The lowest BCUT2D eigenvalue weighted by Gasteiger charge is -2.36. The number of carbonyl (C=O) groups is 3. The molecule has 2 aliphatic carbocycles. The highest BCUT2D eigenvalue weighted by molar-refractivity contribution is 5.92. The van der Waals surface area contributed by atoms with Gasteiger partial charge in [0.05, 0.1) is 0 Å². The first-order valence-electron chi connectivity index (χ1n) is 12.7. The molecule has 0 spiro atoms. The Bertz CT molecular complexity index is 898. The maximum absolute atomic E-state index is 13.8. The van der Waals surface area contributed by atoms with Crippen molar-refractivity contribution in [1.29, 1.82) is 0 Å². The molecule has 1 aromatic carbocycles. The van der Waals surface area contributed by atoms with Crippen molar-refractivity contribution < 1.29 is 19.1 Å². The van der Waals surface area contributed by atoms with Crippen LogP contribution in [0.1, 0.15) is 95.4 Å². The number of nitrogens with one attached hydrogen (secondary N) is 2. The van der Waals surface area contributed by atoms with Crippen molar-refractivity contribution in [2.24, 2.45) is 0 Å². The van der Waals surface area contributed by atoms with E-state index in [4.69, 9.17) is 4.74 Å². The smallest absolute Gasteiger partial charge is 0.408 e. The van der Waals surface area contributed by atoms with E-state index in [-0.39, 0.29) is 23.9 Å². The number of benzene rings is 1. The summed E-state index contributed by atoms with van der Waals surface area (Å²) in [5.41, 5.74) is 2.20. The van der Waals surface area contributed by atoms with Gasteiger partial charge in [-0.2, -0.15) is 0 Å². The van der Waals surface area contributed by atoms with E-state index < -0.39 is 23.8 Å². The van der Waals surface area contributed by atoms with E-state index in [0.717, 1.165) is 55.2 Å². The van der Waals surface area contributed by atoms with E-state index in [1.165, 1.54) is 6.42 Å². The number of ether oxygens (including phenoxy) is 1. The molecule has 0 radical (unpaired) electrons. The van der Waals surface area contributed by atoms with E-state index in [9.17, 15) is 14.4 Å². The third kappa shape index (κ3) is 6.97. The highest BCUT2D eigenvalue weighted by atomic mass is 16.6. The first-order valence-corrected chi connectivity index (χ1v) is 12.7. The lowest BCUT2D eigenvalue weighted by molar-refractivity contribution is -0.143. The van der Waals surface area contributed by atoms with Gasteiger partial charge < -0.3 is 20.3 Å². The summed E-state index contributed by atoms with van der Waals surface area (Å²) >= 11 is 0. The molecule has 0 bridgehead atoms. The number of amides is 3. The largest absolute Gasteiger partial charge is 0.444 e. The monoisotopic (exact) mass is 471 g/mol.